The van der Waals surface area contributed by atoms with Crippen molar-refractivity contribution in [3.63, 3.8) is 0 Å². The topological polar surface area (TPSA) is 9.23 Å². The van der Waals surface area contributed by atoms with Gasteiger partial charge in [-0.3, -0.25) is 0 Å². The molecule has 0 atom stereocenters. The van der Waals surface area contributed by atoms with E-state index in [0.29, 0.717) is 0 Å². The average molecular weight is 314 g/mol. The molecule has 1 nitrogen and oxygen atoms in total. The zero-order valence-electron chi connectivity index (χ0n) is 5.22. The summed E-state index contributed by atoms with van der Waals surface area (Å²) in [5.74, 6) is 0.939. The Balaban J connectivity index is 2.88. The van der Waals surface area contributed by atoms with E-state index in [1.54, 1.807) is 7.11 Å². The number of hydrogen-bond acceptors (Lipinski definition) is 1. The van der Waals surface area contributed by atoms with Gasteiger partial charge in [0.1, 0.15) is 0 Å². The summed E-state index contributed by atoms with van der Waals surface area (Å²) < 4.78 is 6.38. The second-order valence-electron chi connectivity index (χ2n) is 1.73. The van der Waals surface area contributed by atoms with Gasteiger partial charge in [-0.2, -0.15) is 0 Å². The molecular weight excluding hydrogens is 307 g/mol. The molecule has 0 N–H and O–H groups in total. The van der Waals surface area contributed by atoms with Gasteiger partial charge in [0.15, 0.2) is 0 Å². The molecular formula is C7H7OPb. The van der Waals surface area contributed by atoms with Gasteiger partial charge in [0.05, 0.1) is 0 Å². The number of rotatable bonds is 1. The van der Waals surface area contributed by atoms with Gasteiger partial charge in [0.25, 0.3) is 0 Å². The Morgan fingerprint density at radius 3 is 2.22 bits per heavy atom. The fraction of sp³-hybridized carbons (Fsp3) is 0.143. The Kier molecular flexibility index (Phi) is 2.51. The summed E-state index contributed by atoms with van der Waals surface area (Å²) in [6.07, 6.45) is 0. The van der Waals surface area contributed by atoms with Gasteiger partial charge in [-0.05, 0) is 0 Å². The first-order valence-electron chi connectivity index (χ1n) is 2.68. The fourth-order valence-electron chi connectivity index (χ4n) is 0.591. The van der Waals surface area contributed by atoms with Crippen LogP contribution in [0.25, 0.3) is 0 Å². The summed E-state index contributed by atoms with van der Waals surface area (Å²) in [6.45, 7) is 0. The molecule has 0 aliphatic carbocycles. The predicted octanol–water partition coefficient (Wildman–Crippen LogP) is 0.489. The molecule has 1 aromatic carbocycles. The number of hydrogen-bond donors (Lipinski definition) is 0. The van der Waals surface area contributed by atoms with Gasteiger partial charge < -0.3 is 0 Å². The van der Waals surface area contributed by atoms with E-state index in [0.717, 1.165) is 31.5 Å². The van der Waals surface area contributed by atoms with Crippen LogP contribution in [-0.2, 0) is 0 Å². The average Bonchev–Trinajstić information content (AvgIpc) is 1.90. The number of methoxy groups -OCH3 is 1. The quantitative estimate of drug-likeness (QED) is 0.686. The molecule has 45 valence electrons. The van der Waals surface area contributed by atoms with E-state index in [-0.39, 0.29) is 0 Å². The standard InChI is InChI=1S/C7H7O.Pb/c1-8-7-5-3-2-4-6-7;/h3-6H,1H3;. The van der Waals surface area contributed by atoms with E-state index in [9.17, 15) is 0 Å². The Morgan fingerprint density at radius 1 is 1.22 bits per heavy atom. The zero-order valence-corrected chi connectivity index (χ0v) is 9.11. The maximum absolute atomic E-state index is 4.98. The normalized spacial score (nSPS) is 9.11. The molecule has 0 spiro atoms. The van der Waals surface area contributed by atoms with Crippen molar-refractivity contribution < 1.29 is 4.74 Å². The minimum absolute atomic E-state index is 0.939. The van der Waals surface area contributed by atoms with E-state index in [4.69, 9.17) is 4.74 Å². The van der Waals surface area contributed by atoms with E-state index in [1.165, 1.54) is 3.12 Å². The summed E-state index contributed by atoms with van der Waals surface area (Å²) in [5.41, 5.74) is 0. The van der Waals surface area contributed by atoms with Crippen LogP contribution in [0.2, 0.25) is 0 Å². The third-order valence-corrected chi connectivity index (χ3v) is 2.39. The maximum atomic E-state index is 4.98. The second kappa shape index (κ2) is 3.20. The molecule has 0 aliphatic heterocycles. The van der Waals surface area contributed by atoms with Crippen LogP contribution >= 0.6 is 0 Å². The first kappa shape index (κ1) is 7.05. The SMILES string of the molecule is COc1cc[c]([Pb])cc1. The molecule has 0 aliphatic rings. The van der Waals surface area contributed by atoms with Gasteiger partial charge in [0, 0.05) is 0 Å². The van der Waals surface area contributed by atoms with Crippen LogP contribution in [0.1, 0.15) is 0 Å². The molecule has 9 heavy (non-hydrogen) atoms. The molecule has 0 saturated heterocycles. The molecule has 0 amide bonds. The molecule has 1 aromatic rings. The Labute approximate surface area is 70.7 Å². The van der Waals surface area contributed by atoms with E-state index in [1.807, 2.05) is 12.1 Å². The van der Waals surface area contributed by atoms with E-state index >= 15 is 0 Å². The van der Waals surface area contributed by atoms with Crippen LogP contribution < -0.4 is 7.86 Å². The minimum atomic E-state index is 0.939. The summed E-state index contributed by atoms with van der Waals surface area (Å²) >= 11 is 1.12. The molecule has 3 radical (unpaired) electrons. The summed E-state index contributed by atoms with van der Waals surface area (Å²) in [6, 6.07) is 8.15. The molecule has 0 heterocycles. The Hall–Kier alpha value is -0.0579. The van der Waals surface area contributed by atoms with Crippen LogP contribution in [0.3, 0.4) is 0 Å². The van der Waals surface area contributed by atoms with Crippen molar-refractivity contribution in [1.82, 2.24) is 0 Å². The van der Waals surface area contributed by atoms with Crippen LogP contribution in [-0.4, -0.2) is 32.9 Å². The van der Waals surface area contributed by atoms with Gasteiger partial charge in [-0.15, -0.1) is 0 Å². The van der Waals surface area contributed by atoms with Gasteiger partial charge >= 0.3 is 70.8 Å². The first-order chi connectivity index (χ1) is 4.33. The van der Waals surface area contributed by atoms with E-state index in [2.05, 4.69) is 12.1 Å². The van der Waals surface area contributed by atoms with Crippen molar-refractivity contribution in [3.8, 4) is 5.75 Å². The third kappa shape index (κ3) is 1.97. The van der Waals surface area contributed by atoms with Gasteiger partial charge in [-0.1, -0.05) is 0 Å². The van der Waals surface area contributed by atoms with Crippen molar-refractivity contribution in [2.45, 2.75) is 0 Å². The molecule has 2 heteroatoms. The van der Waals surface area contributed by atoms with Crippen molar-refractivity contribution >= 4 is 28.9 Å². The monoisotopic (exact) mass is 315 g/mol. The molecule has 0 aromatic heterocycles. The molecule has 0 unspecified atom stereocenters. The van der Waals surface area contributed by atoms with Crippen LogP contribution in [0.15, 0.2) is 24.3 Å². The molecule has 0 saturated carbocycles. The first-order valence-corrected chi connectivity index (χ1v) is 4.63. The van der Waals surface area contributed by atoms with Gasteiger partial charge in [-0.25, -0.2) is 0 Å². The van der Waals surface area contributed by atoms with Crippen molar-refractivity contribution in [1.29, 1.82) is 0 Å². The van der Waals surface area contributed by atoms with Crippen LogP contribution in [0, 0.1) is 0 Å². The molecule has 1 rings (SSSR count). The Morgan fingerprint density at radius 2 is 1.78 bits per heavy atom. The number of ether oxygens (including phenoxy) is 1. The fourth-order valence-corrected chi connectivity index (χ4v) is 1.24. The summed E-state index contributed by atoms with van der Waals surface area (Å²) in [7, 11) is 1.68. The van der Waals surface area contributed by atoms with Crippen molar-refractivity contribution in [2.75, 3.05) is 7.11 Å². The van der Waals surface area contributed by atoms with E-state index < -0.39 is 0 Å². The van der Waals surface area contributed by atoms with Crippen molar-refractivity contribution in [3.05, 3.63) is 24.3 Å². The third-order valence-electron chi connectivity index (χ3n) is 1.09. The Bertz CT molecular complexity index is 181. The molecule has 0 bridgehead atoms. The number of benzene rings is 1. The summed E-state index contributed by atoms with van der Waals surface area (Å²) in [4.78, 5) is 0. The summed E-state index contributed by atoms with van der Waals surface area (Å²) in [5, 5.41) is 0. The van der Waals surface area contributed by atoms with Gasteiger partial charge in [0.2, 0.25) is 0 Å². The second-order valence-corrected chi connectivity index (χ2v) is 3.97. The zero-order chi connectivity index (χ0) is 6.69. The predicted molar refractivity (Wildman–Crippen MR) is 38.4 cm³/mol. The van der Waals surface area contributed by atoms with Crippen LogP contribution in [0.4, 0.5) is 0 Å². The van der Waals surface area contributed by atoms with Crippen LogP contribution in [0.5, 0.6) is 5.75 Å². The molecule has 0 fully saturated rings. The van der Waals surface area contributed by atoms with Crippen molar-refractivity contribution in [2.24, 2.45) is 0 Å².